The molecule has 2 aromatic heterocycles. The van der Waals surface area contributed by atoms with Gasteiger partial charge in [0, 0.05) is 36.3 Å². The van der Waals surface area contributed by atoms with E-state index in [9.17, 15) is 0 Å². The van der Waals surface area contributed by atoms with Gasteiger partial charge in [0.1, 0.15) is 5.75 Å². The molecule has 0 radical (unpaired) electrons. The molecule has 0 aliphatic heterocycles. The number of rotatable bonds is 6. The summed E-state index contributed by atoms with van der Waals surface area (Å²) in [7, 11) is 0. The fraction of sp³-hybridized carbons (Fsp3) is 0.222. The van der Waals surface area contributed by atoms with E-state index < -0.39 is 0 Å². The Morgan fingerprint density at radius 3 is 2.78 bits per heavy atom. The second-order valence-electron chi connectivity index (χ2n) is 5.53. The van der Waals surface area contributed by atoms with Crippen molar-refractivity contribution in [2.45, 2.75) is 26.4 Å². The van der Waals surface area contributed by atoms with Crippen LogP contribution in [0.1, 0.15) is 25.6 Å². The van der Waals surface area contributed by atoms with Gasteiger partial charge in [-0.2, -0.15) is 5.10 Å². The summed E-state index contributed by atoms with van der Waals surface area (Å²) in [4.78, 5) is 4.16. The van der Waals surface area contributed by atoms with Crippen molar-refractivity contribution in [2.24, 2.45) is 0 Å². The Hall–Kier alpha value is -2.82. The van der Waals surface area contributed by atoms with Gasteiger partial charge in [-0.1, -0.05) is 12.1 Å². The third kappa shape index (κ3) is 4.10. The first-order chi connectivity index (χ1) is 11.2. The molecule has 0 aliphatic carbocycles. The van der Waals surface area contributed by atoms with Crippen molar-refractivity contribution in [1.29, 1.82) is 0 Å². The van der Waals surface area contributed by atoms with Crippen LogP contribution in [0.3, 0.4) is 0 Å². The van der Waals surface area contributed by atoms with Crippen LogP contribution in [0.15, 0.2) is 60.9 Å². The van der Waals surface area contributed by atoms with Crippen LogP contribution >= 0.6 is 0 Å². The van der Waals surface area contributed by atoms with E-state index in [4.69, 9.17) is 4.74 Å². The van der Waals surface area contributed by atoms with E-state index in [-0.39, 0.29) is 0 Å². The minimum Gasteiger partial charge on any atom is -0.439 e. The number of benzene rings is 1. The number of pyridine rings is 1. The number of nitrogens with zero attached hydrogens (tertiary/aromatic N) is 3. The average Bonchev–Trinajstić information content (AvgIpc) is 3.04. The van der Waals surface area contributed by atoms with Gasteiger partial charge in [-0.3, -0.25) is 4.68 Å². The summed E-state index contributed by atoms with van der Waals surface area (Å²) >= 11 is 0. The van der Waals surface area contributed by atoms with Gasteiger partial charge >= 0.3 is 0 Å². The monoisotopic (exact) mass is 308 g/mol. The molecular formula is C18H20N4O. The Labute approximate surface area is 135 Å². The molecule has 5 nitrogen and oxygen atoms in total. The first-order valence-electron chi connectivity index (χ1n) is 7.67. The molecule has 0 bridgehead atoms. The van der Waals surface area contributed by atoms with Crippen LogP contribution in [-0.4, -0.2) is 14.8 Å². The van der Waals surface area contributed by atoms with Crippen LogP contribution in [-0.2, 0) is 6.54 Å². The maximum Gasteiger partial charge on any atom is 0.219 e. The molecule has 3 aromatic rings. The topological polar surface area (TPSA) is 52.0 Å². The van der Waals surface area contributed by atoms with Crippen LogP contribution < -0.4 is 10.1 Å². The highest BCUT2D eigenvalue weighted by atomic mass is 16.5. The Kier molecular flexibility index (Phi) is 4.57. The Balaban J connectivity index is 1.63. The van der Waals surface area contributed by atoms with Crippen LogP contribution in [0.4, 0.5) is 5.69 Å². The SMILES string of the molecule is CC(C)n1ccc(CNc2cccc(Oc3ccccn3)c2)n1. The molecule has 2 heterocycles. The zero-order valence-electron chi connectivity index (χ0n) is 13.3. The normalized spacial score (nSPS) is 10.7. The van der Waals surface area contributed by atoms with E-state index in [1.54, 1.807) is 6.20 Å². The van der Waals surface area contributed by atoms with Crippen molar-refractivity contribution in [2.75, 3.05) is 5.32 Å². The number of anilines is 1. The lowest BCUT2D eigenvalue weighted by Crippen LogP contribution is -2.04. The molecule has 0 fully saturated rings. The largest absolute Gasteiger partial charge is 0.439 e. The van der Waals surface area contributed by atoms with Crippen LogP contribution in [0.2, 0.25) is 0 Å². The third-order valence-corrected chi connectivity index (χ3v) is 3.36. The van der Waals surface area contributed by atoms with E-state index in [1.807, 2.05) is 59.4 Å². The second kappa shape index (κ2) is 6.96. The van der Waals surface area contributed by atoms with Gasteiger partial charge in [-0.05, 0) is 38.1 Å². The molecule has 0 saturated carbocycles. The van der Waals surface area contributed by atoms with Crippen LogP contribution in [0.25, 0.3) is 0 Å². The molecule has 0 unspecified atom stereocenters. The minimum absolute atomic E-state index is 0.374. The molecule has 0 atom stereocenters. The predicted molar refractivity (Wildman–Crippen MR) is 90.7 cm³/mol. The molecule has 5 heteroatoms. The third-order valence-electron chi connectivity index (χ3n) is 3.36. The van der Waals surface area contributed by atoms with Crippen LogP contribution in [0, 0.1) is 0 Å². The summed E-state index contributed by atoms with van der Waals surface area (Å²) in [5, 5.41) is 7.89. The molecule has 0 aliphatic rings. The smallest absolute Gasteiger partial charge is 0.219 e. The Bertz CT molecular complexity index is 752. The highest BCUT2D eigenvalue weighted by Gasteiger charge is 2.03. The summed E-state index contributed by atoms with van der Waals surface area (Å²) in [5.74, 6) is 1.33. The molecule has 23 heavy (non-hydrogen) atoms. The average molecular weight is 308 g/mol. The lowest BCUT2D eigenvalue weighted by molar-refractivity contribution is 0.463. The molecule has 0 spiro atoms. The van der Waals surface area contributed by atoms with Crippen molar-refractivity contribution in [3.05, 3.63) is 66.6 Å². The summed E-state index contributed by atoms with van der Waals surface area (Å²) in [5.41, 5.74) is 1.99. The molecule has 118 valence electrons. The zero-order chi connectivity index (χ0) is 16.1. The van der Waals surface area contributed by atoms with Crippen molar-refractivity contribution in [3.63, 3.8) is 0 Å². The second-order valence-corrected chi connectivity index (χ2v) is 5.53. The molecule has 1 aromatic carbocycles. The number of hydrogen-bond donors (Lipinski definition) is 1. The first kappa shape index (κ1) is 15.1. The first-order valence-corrected chi connectivity index (χ1v) is 7.67. The maximum atomic E-state index is 5.74. The lowest BCUT2D eigenvalue weighted by Gasteiger charge is -2.08. The fourth-order valence-electron chi connectivity index (χ4n) is 2.15. The van der Waals surface area contributed by atoms with Gasteiger partial charge < -0.3 is 10.1 Å². The summed E-state index contributed by atoms with van der Waals surface area (Å²) < 4.78 is 7.69. The van der Waals surface area contributed by atoms with Crippen molar-refractivity contribution >= 4 is 5.69 Å². The van der Waals surface area contributed by atoms with Gasteiger partial charge in [-0.25, -0.2) is 4.98 Å². The number of nitrogens with one attached hydrogen (secondary N) is 1. The zero-order valence-corrected chi connectivity index (χ0v) is 13.3. The maximum absolute atomic E-state index is 5.74. The standard InChI is InChI=1S/C18H20N4O/c1-14(2)22-11-9-16(21-22)13-20-15-6-5-7-17(12-15)23-18-8-3-4-10-19-18/h3-12,14,20H,13H2,1-2H3. The Morgan fingerprint density at radius 1 is 1.13 bits per heavy atom. The molecule has 1 N–H and O–H groups in total. The number of hydrogen-bond acceptors (Lipinski definition) is 4. The van der Waals surface area contributed by atoms with E-state index in [1.165, 1.54) is 0 Å². The molecular weight excluding hydrogens is 288 g/mol. The van der Waals surface area contributed by atoms with Crippen molar-refractivity contribution in [3.8, 4) is 11.6 Å². The molecule has 0 amide bonds. The van der Waals surface area contributed by atoms with E-state index in [2.05, 4.69) is 29.2 Å². The predicted octanol–water partition coefficient (Wildman–Crippen LogP) is 4.26. The Morgan fingerprint density at radius 2 is 2.04 bits per heavy atom. The van der Waals surface area contributed by atoms with Crippen LogP contribution in [0.5, 0.6) is 11.6 Å². The summed E-state index contributed by atoms with van der Waals surface area (Å²) in [6.45, 7) is 4.90. The van der Waals surface area contributed by atoms with E-state index in [0.29, 0.717) is 18.5 Å². The number of ether oxygens (including phenoxy) is 1. The van der Waals surface area contributed by atoms with Crippen molar-refractivity contribution in [1.82, 2.24) is 14.8 Å². The molecule has 3 rings (SSSR count). The minimum atomic E-state index is 0.374. The van der Waals surface area contributed by atoms with Gasteiger partial charge in [0.05, 0.1) is 12.2 Å². The van der Waals surface area contributed by atoms with E-state index >= 15 is 0 Å². The highest BCUT2D eigenvalue weighted by Crippen LogP contribution is 2.22. The summed E-state index contributed by atoms with van der Waals surface area (Å²) in [6.07, 6.45) is 3.71. The number of aromatic nitrogens is 3. The van der Waals surface area contributed by atoms with Crippen molar-refractivity contribution < 1.29 is 4.74 Å². The summed E-state index contributed by atoms with van der Waals surface area (Å²) in [6, 6.07) is 15.8. The lowest BCUT2D eigenvalue weighted by atomic mass is 10.3. The van der Waals surface area contributed by atoms with E-state index in [0.717, 1.165) is 17.1 Å². The van der Waals surface area contributed by atoms with Gasteiger partial charge in [0.25, 0.3) is 0 Å². The van der Waals surface area contributed by atoms with Gasteiger partial charge in [-0.15, -0.1) is 0 Å². The van der Waals surface area contributed by atoms with Gasteiger partial charge in [0.15, 0.2) is 0 Å². The fourth-order valence-corrected chi connectivity index (χ4v) is 2.15. The quantitative estimate of drug-likeness (QED) is 0.739. The molecule has 0 saturated heterocycles. The van der Waals surface area contributed by atoms with Gasteiger partial charge in [0.2, 0.25) is 5.88 Å². The highest BCUT2D eigenvalue weighted by molar-refractivity contribution is 5.49.